The Morgan fingerprint density at radius 3 is 2.62 bits per heavy atom. The minimum Gasteiger partial charge on any atom is -0.418 e. The third-order valence-corrected chi connectivity index (χ3v) is 2.16. The Hall–Kier alpha value is -0.863. The van der Waals surface area contributed by atoms with Crippen LogP contribution in [-0.2, 0) is 17.3 Å². The van der Waals surface area contributed by atoms with Crippen molar-refractivity contribution >= 4 is 10.5 Å². The summed E-state index contributed by atoms with van der Waals surface area (Å²) in [5, 5.41) is 0. The molecular formula is C11H13OSi. The fourth-order valence-corrected chi connectivity index (χ4v) is 1.42. The second kappa shape index (κ2) is 5.73. The molecule has 0 unspecified atom stereocenters. The lowest BCUT2D eigenvalue weighted by atomic mass is 10.0. The van der Waals surface area contributed by atoms with Crippen LogP contribution in [0.1, 0.15) is 11.1 Å². The van der Waals surface area contributed by atoms with E-state index in [2.05, 4.69) is 41.3 Å². The molecule has 0 heterocycles. The summed E-state index contributed by atoms with van der Waals surface area (Å²) < 4.78 is 4.86. The van der Waals surface area contributed by atoms with E-state index in [9.17, 15) is 0 Å². The maximum absolute atomic E-state index is 4.86. The topological polar surface area (TPSA) is 9.23 Å². The Morgan fingerprint density at radius 2 is 2.00 bits per heavy atom. The van der Waals surface area contributed by atoms with Crippen LogP contribution in [0.15, 0.2) is 36.9 Å². The molecule has 0 atom stereocenters. The van der Waals surface area contributed by atoms with Gasteiger partial charge < -0.3 is 4.43 Å². The standard InChI is InChI=1S/C11H13OSi/c1-2-5-10-6-3-4-7-11(10)8-9-12-13/h2-4,6-7H,1,5,8-9H2. The summed E-state index contributed by atoms with van der Waals surface area (Å²) in [6, 6.07) is 8.36. The van der Waals surface area contributed by atoms with Gasteiger partial charge in [0.1, 0.15) is 0 Å². The molecule has 0 saturated heterocycles. The summed E-state index contributed by atoms with van der Waals surface area (Å²) in [5.41, 5.74) is 2.67. The van der Waals surface area contributed by atoms with Crippen LogP contribution >= 0.6 is 0 Å². The number of hydrogen-bond donors (Lipinski definition) is 0. The summed E-state index contributed by atoms with van der Waals surface area (Å²) in [7, 11) is 3.00. The molecule has 0 aromatic heterocycles. The number of benzene rings is 1. The molecular weight excluding hydrogens is 176 g/mol. The predicted molar refractivity (Wildman–Crippen MR) is 55.8 cm³/mol. The van der Waals surface area contributed by atoms with Crippen molar-refractivity contribution in [3.05, 3.63) is 48.0 Å². The molecule has 13 heavy (non-hydrogen) atoms. The van der Waals surface area contributed by atoms with E-state index in [-0.39, 0.29) is 0 Å². The molecule has 0 amide bonds. The zero-order chi connectivity index (χ0) is 9.52. The van der Waals surface area contributed by atoms with Crippen LogP contribution in [0, 0.1) is 0 Å². The van der Waals surface area contributed by atoms with E-state index in [4.69, 9.17) is 4.43 Å². The van der Waals surface area contributed by atoms with Gasteiger partial charge in [-0.1, -0.05) is 30.3 Å². The van der Waals surface area contributed by atoms with E-state index in [1.807, 2.05) is 6.08 Å². The quantitative estimate of drug-likeness (QED) is 0.509. The molecule has 0 bridgehead atoms. The normalized spacial score (nSPS) is 9.92. The number of allylic oxidation sites excluding steroid dienone is 1. The molecule has 1 aromatic rings. The van der Waals surface area contributed by atoms with E-state index in [1.165, 1.54) is 11.1 Å². The molecule has 0 spiro atoms. The van der Waals surface area contributed by atoms with E-state index >= 15 is 0 Å². The molecule has 1 aromatic carbocycles. The Morgan fingerprint density at radius 1 is 1.31 bits per heavy atom. The molecule has 0 fully saturated rings. The highest BCUT2D eigenvalue weighted by molar-refractivity contribution is 5.97. The Balaban J connectivity index is 2.71. The van der Waals surface area contributed by atoms with Crippen molar-refractivity contribution in [2.75, 3.05) is 6.61 Å². The van der Waals surface area contributed by atoms with Gasteiger partial charge in [-0.15, -0.1) is 6.58 Å². The molecule has 0 aliphatic rings. The van der Waals surface area contributed by atoms with Gasteiger partial charge in [0.05, 0.1) is 0 Å². The summed E-state index contributed by atoms with van der Waals surface area (Å²) >= 11 is 0. The third-order valence-electron chi connectivity index (χ3n) is 1.96. The second-order valence-corrected chi connectivity index (χ2v) is 3.15. The molecule has 3 radical (unpaired) electrons. The first kappa shape index (κ1) is 10.2. The minimum absolute atomic E-state index is 0.699. The van der Waals surface area contributed by atoms with Crippen LogP contribution in [0.3, 0.4) is 0 Å². The average molecular weight is 189 g/mol. The maximum Gasteiger partial charge on any atom is 0.246 e. The maximum atomic E-state index is 4.86. The van der Waals surface area contributed by atoms with Gasteiger partial charge in [-0.25, -0.2) is 0 Å². The van der Waals surface area contributed by atoms with Crippen molar-refractivity contribution in [1.82, 2.24) is 0 Å². The first-order valence-electron chi connectivity index (χ1n) is 4.34. The van der Waals surface area contributed by atoms with Gasteiger partial charge in [-0.05, 0) is 24.0 Å². The van der Waals surface area contributed by atoms with Crippen molar-refractivity contribution in [2.45, 2.75) is 12.8 Å². The van der Waals surface area contributed by atoms with E-state index in [1.54, 1.807) is 0 Å². The zero-order valence-corrected chi connectivity index (χ0v) is 8.62. The van der Waals surface area contributed by atoms with Crippen LogP contribution in [0.4, 0.5) is 0 Å². The first-order chi connectivity index (χ1) is 6.38. The van der Waals surface area contributed by atoms with E-state index in [0.717, 1.165) is 12.8 Å². The lowest BCUT2D eigenvalue weighted by molar-refractivity contribution is 0.354. The Bertz CT molecular complexity index is 271. The molecule has 2 heteroatoms. The minimum atomic E-state index is 0.699. The zero-order valence-electron chi connectivity index (χ0n) is 7.62. The second-order valence-electron chi connectivity index (χ2n) is 2.86. The summed E-state index contributed by atoms with van der Waals surface area (Å²) in [4.78, 5) is 0. The predicted octanol–water partition coefficient (Wildman–Crippen LogP) is 2.06. The van der Waals surface area contributed by atoms with Crippen LogP contribution in [0.25, 0.3) is 0 Å². The van der Waals surface area contributed by atoms with Crippen molar-refractivity contribution in [1.29, 1.82) is 0 Å². The highest BCUT2D eigenvalue weighted by Gasteiger charge is 1.98. The monoisotopic (exact) mass is 189 g/mol. The van der Waals surface area contributed by atoms with Crippen molar-refractivity contribution in [3.63, 3.8) is 0 Å². The molecule has 0 aliphatic carbocycles. The number of hydrogen-bond acceptors (Lipinski definition) is 1. The van der Waals surface area contributed by atoms with Crippen LogP contribution < -0.4 is 0 Å². The van der Waals surface area contributed by atoms with Gasteiger partial charge in [-0.2, -0.15) is 0 Å². The van der Waals surface area contributed by atoms with Gasteiger partial charge in [0.25, 0.3) is 0 Å². The Labute approximate surface area is 83.0 Å². The van der Waals surface area contributed by atoms with Crippen LogP contribution in [0.5, 0.6) is 0 Å². The third kappa shape index (κ3) is 3.17. The largest absolute Gasteiger partial charge is 0.418 e. The fraction of sp³-hybridized carbons (Fsp3) is 0.273. The highest BCUT2D eigenvalue weighted by Crippen LogP contribution is 2.10. The summed E-state index contributed by atoms with van der Waals surface area (Å²) in [6.07, 6.45) is 3.79. The summed E-state index contributed by atoms with van der Waals surface area (Å²) in [6.45, 7) is 4.44. The smallest absolute Gasteiger partial charge is 0.246 e. The Kier molecular flexibility index (Phi) is 4.50. The van der Waals surface area contributed by atoms with Gasteiger partial charge in [0, 0.05) is 6.61 Å². The highest BCUT2D eigenvalue weighted by atomic mass is 28.2. The molecule has 0 N–H and O–H groups in total. The van der Waals surface area contributed by atoms with Crippen molar-refractivity contribution in [3.8, 4) is 0 Å². The van der Waals surface area contributed by atoms with E-state index < -0.39 is 0 Å². The van der Waals surface area contributed by atoms with Gasteiger partial charge in [0.2, 0.25) is 10.5 Å². The molecule has 0 aliphatic heterocycles. The fourth-order valence-electron chi connectivity index (χ4n) is 1.32. The van der Waals surface area contributed by atoms with Crippen molar-refractivity contribution < 1.29 is 4.43 Å². The molecule has 67 valence electrons. The van der Waals surface area contributed by atoms with Crippen molar-refractivity contribution in [2.24, 2.45) is 0 Å². The lowest BCUT2D eigenvalue weighted by Crippen LogP contribution is -1.99. The van der Waals surface area contributed by atoms with Crippen LogP contribution in [-0.4, -0.2) is 17.1 Å². The lowest BCUT2D eigenvalue weighted by Gasteiger charge is -2.06. The number of rotatable bonds is 5. The molecule has 0 saturated carbocycles. The molecule has 1 nitrogen and oxygen atoms in total. The molecule has 1 rings (SSSR count). The van der Waals surface area contributed by atoms with Gasteiger partial charge in [0.15, 0.2) is 0 Å². The van der Waals surface area contributed by atoms with Gasteiger partial charge in [-0.3, -0.25) is 0 Å². The summed E-state index contributed by atoms with van der Waals surface area (Å²) in [5.74, 6) is 0. The SMILES string of the molecule is C=CCc1ccccc1CCO[Si]. The van der Waals surface area contributed by atoms with Crippen LogP contribution in [0.2, 0.25) is 0 Å². The average Bonchev–Trinajstić information content (AvgIpc) is 2.17. The van der Waals surface area contributed by atoms with E-state index in [0.29, 0.717) is 6.61 Å². The van der Waals surface area contributed by atoms with Gasteiger partial charge >= 0.3 is 0 Å². The first-order valence-corrected chi connectivity index (χ1v) is 4.75.